The van der Waals surface area contributed by atoms with E-state index in [0.717, 1.165) is 11.1 Å². The molecule has 0 heterocycles. The number of hydrogen-bond acceptors (Lipinski definition) is 6. The van der Waals surface area contributed by atoms with Crippen LogP contribution in [0.1, 0.15) is 37.8 Å². The summed E-state index contributed by atoms with van der Waals surface area (Å²) in [5, 5.41) is 26.3. The number of carbonyl (C=O) groups is 5. The first-order valence-electron chi connectivity index (χ1n) is 12.7. The van der Waals surface area contributed by atoms with Gasteiger partial charge in [-0.3, -0.25) is 19.2 Å². The zero-order valence-electron chi connectivity index (χ0n) is 22.0. The highest BCUT2D eigenvalue weighted by atomic mass is 16.4. The summed E-state index contributed by atoms with van der Waals surface area (Å²) >= 11 is 0. The summed E-state index contributed by atoms with van der Waals surface area (Å²) in [7, 11) is 0. The summed E-state index contributed by atoms with van der Waals surface area (Å²) in [6.07, 6.45) is -0.287. The third kappa shape index (κ3) is 10.6. The van der Waals surface area contributed by atoms with Crippen molar-refractivity contribution in [2.45, 2.75) is 63.7 Å². The molecule has 0 aliphatic rings. The molecule has 0 aliphatic carbocycles. The van der Waals surface area contributed by atoms with Crippen LogP contribution < -0.4 is 21.7 Å². The molecule has 0 bridgehead atoms. The van der Waals surface area contributed by atoms with Crippen molar-refractivity contribution < 1.29 is 34.2 Å². The highest BCUT2D eigenvalue weighted by molar-refractivity contribution is 5.94. The van der Waals surface area contributed by atoms with Gasteiger partial charge in [0, 0.05) is 19.3 Å². The maximum atomic E-state index is 13.3. The number of carboxylic acid groups (broad SMARTS) is 2. The van der Waals surface area contributed by atoms with E-state index < -0.39 is 59.7 Å². The van der Waals surface area contributed by atoms with Gasteiger partial charge in [0.05, 0.1) is 6.04 Å². The molecule has 11 nitrogen and oxygen atoms in total. The molecule has 4 atom stereocenters. The molecule has 2 aromatic rings. The second-order valence-electron chi connectivity index (χ2n) is 9.61. The molecule has 0 spiro atoms. The van der Waals surface area contributed by atoms with Crippen LogP contribution >= 0.6 is 0 Å². The molecule has 39 heavy (non-hydrogen) atoms. The summed E-state index contributed by atoms with van der Waals surface area (Å²) in [6, 6.07) is 13.2. The fraction of sp³-hybridized carbons (Fsp3) is 0.393. The highest BCUT2D eigenvalue weighted by Crippen LogP contribution is 2.09. The lowest BCUT2D eigenvalue weighted by Gasteiger charge is -2.27. The summed E-state index contributed by atoms with van der Waals surface area (Å²) in [6.45, 7) is 3.39. The summed E-state index contributed by atoms with van der Waals surface area (Å²) in [5.41, 5.74) is 7.23. The smallest absolute Gasteiger partial charge is 0.326 e. The molecule has 0 aromatic heterocycles. The van der Waals surface area contributed by atoms with E-state index in [9.17, 15) is 29.1 Å². The molecule has 0 saturated carbocycles. The molecule has 0 saturated heterocycles. The Bertz CT molecular complexity index is 1130. The Hall–Kier alpha value is -4.25. The van der Waals surface area contributed by atoms with Crippen molar-refractivity contribution in [1.29, 1.82) is 0 Å². The predicted octanol–water partition coefficient (Wildman–Crippen LogP) is 0.859. The minimum atomic E-state index is -1.23. The van der Waals surface area contributed by atoms with Gasteiger partial charge in [-0.2, -0.15) is 0 Å². The molecule has 0 fully saturated rings. The van der Waals surface area contributed by atoms with Crippen molar-refractivity contribution in [1.82, 2.24) is 16.0 Å². The van der Waals surface area contributed by atoms with E-state index in [1.54, 1.807) is 74.5 Å². The molecule has 7 N–H and O–H groups in total. The summed E-state index contributed by atoms with van der Waals surface area (Å²) in [4.78, 5) is 61.8. The van der Waals surface area contributed by atoms with E-state index in [1.807, 2.05) is 0 Å². The predicted molar refractivity (Wildman–Crippen MR) is 143 cm³/mol. The number of rotatable bonds is 15. The van der Waals surface area contributed by atoms with Gasteiger partial charge in [0.2, 0.25) is 17.7 Å². The first-order chi connectivity index (χ1) is 18.5. The van der Waals surface area contributed by atoms with Crippen LogP contribution in [0.3, 0.4) is 0 Å². The van der Waals surface area contributed by atoms with Crippen LogP contribution in [0.2, 0.25) is 0 Å². The lowest BCUT2D eigenvalue weighted by molar-refractivity contribution is -0.142. The van der Waals surface area contributed by atoms with Gasteiger partial charge < -0.3 is 31.9 Å². The number of nitrogens with two attached hydrogens (primary N) is 1. The Morgan fingerprint density at radius 3 is 1.67 bits per heavy atom. The Morgan fingerprint density at radius 2 is 1.21 bits per heavy atom. The van der Waals surface area contributed by atoms with E-state index in [1.165, 1.54) is 0 Å². The normalized spacial score (nSPS) is 13.9. The number of aliphatic carboxylic acids is 2. The van der Waals surface area contributed by atoms with Crippen LogP contribution in [0.5, 0.6) is 0 Å². The maximum Gasteiger partial charge on any atom is 0.326 e. The number of carboxylic acids is 2. The molecule has 210 valence electrons. The molecule has 2 rings (SSSR count). The highest BCUT2D eigenvalue weighted by Gasteiger charge is 2.32. The van der Waals surface area contributed by atoms with Gasteiger partial charge in [-0.15, -0.1) is 0 Å². The van der Waals surface area contributed by atoms with Crippen LogP contribution in [0.25, 0.3) is 0 Å². The van der Waals surface area contributed by atoms with Gasteiger partial charge in [0.1, 0.15) is 18.1 Å². The van der Waals surface area contributed by atoms with E-state index >= 15 is 0 Å². The average Bonchev–Trinajstić information content (AvgIpc) is 2.90. The van der Waals surface area contributed by atoms with Crippen LogP contribution in [0.15, 0.2) is 60.7 Å². The zero-order chi connectivity index (χ0) is 28.9. The van der Waals surface area contributed by atoms with Gasteiger partial charge in [-0.25, -0.2) is 4.79 Å². The van der Waals surface area contributed by atoms with Crippen LogP contribution in [-0.4, -0.2) is 64.0 Å². The fourth-order valence-electron chi connectivity index (χ4n) is 3.85. The molecule has 0 aliphatic heterocycles. The number of benzene rings is 2. The molecule has 3 amide bonds. The summed E-state index contributed by atoms with van der Waals surface area (Å²) < 4.78 is 0. The molecule has 11 heteroatoms. The van der Waals surface area contributed by atoms with Gasteiger partial charge in [-0.1, -0.05) is 74.5 Å². The topological polar surface area (TPSA) is 188 Å². The monoisotopic (exact) mass is 540 g/mol. The fourth-order valence-corrected chi connectivity index (χ4v) is 3.85. The Morgan fingerprint density at radius 1 is 0.718 bits per heavy atom. The minimum Gasteiger partial charge on any atom is -0.481 e. The van der Waals surface area contributed by atoms with Crippen molar-refractivity contribution in [3.05, 3.63) is 71.8 Å². The third-order valence-corrected chi connectivity index (χ3v) is 6.07. The third-order valence-electron chi connectivity index (χ3n) is 6.07. The van der Waals surface area contributed by atoms with Gasteiger partial charge >= 0.3 is 11.9 Å². The lowest BCUT2D eigenvalue weighted by atomic mass is 9.99. The van der Waals surface area contributed by atoms with Gasteiger partial charge in [0.15, 0.2) is 0 Å². The van der Waals surface area contributed by atoms with Crippen molar-refractivity contribution >= 4 is 29.7 Å². The Kier molecular flexibility index (Phi) is 12.1. The number of carbonyl (C=O) groups excluding carboxylic acids is 3. The molecular weight excluding hydrogens is 504 g/mol. The minimum absolute atomic E-state index is 0.0484. The number of nitrogens with one attached hydrogen (secondary N) is 3. The van der Waals surface area contributed by atoms with E-state index in [2.05, 4.69) is 16.0 Å². The van der Waals surface area contributed by atoms with Crippen LogP contribution in [0.4, 0.5) is 0 Å². The van der Waals surface area contributed by atoms with Crippen molar-refractivity contribution in [2.75, 3.05) is 0 Å². The average molecular weight is 541 g/mol. The number of hydrogen-bond donors (Lipinski definition) is 6. The standard InChI is InChI=1S/C28H36N4O7/c1-17(2)24(32-25(35)20(29)13-14-23(33)34)27(37)30-21(15-18-9-5-3-6-10-18)26(36)31-22(28(38)39)16-19-11-7-4-8-12-19/h3-12,17,20-22,24H,13-16,29H2,1-2H3,(H,30,37)(H,31,36)(H,32,35)(H,33,34)(H,38,39). The van der Waals surface area contributed by atoms with Crippen molar-refractivity contribution in [3.63, 3.8) is 0 Å². The number of amides is 3. The first kappa shape index (κ1) is 31.0. The largest absolute Gasteiger partial charge is 0.481 e. The van der Waals surface area contributed by atoms with E-state index in [4.69, 9.17) is 10.8 Å². The SMILES string of the molecule is CC(C)C(NC(=O)C(N)CCC(=O)O)C(=O)NC(Cc1ccccc1)C(=O)NC(Cc1ccccc1)C(=O)O. The van der Waals surface area contributed by atoms with Crippen LogP contribution in [-0.2, 0) is 36.8 Å². The van der Waals surface area contributed by atoms with Crippen molar-refractivity contribution in [2.24, 2.45) is 11.7 Å². The quantitative estimate of drug-likeness (QED) is 0.192. The molecule has 4 unspecified atom stereocenters. The van der Waals surface area contributed by atoms with Crippen molar-refractivity contribution in [3.8, 4) is 0 Å². The first-order valence-corrected chi connectivity index (χ1v) is 12.7. The Labute approximate surface area is 227 Å². The van der Waals surface area contributed by atoms with Crippen LogP contribution in [0, 0.1) is 5.92 Å². The van der Waals surface area contributed by atoms with E-state index in [-0.39, 0.29) is 25.7 Å². The second kappa shape index (κ2) is 15.2. The molecular formula is C28H36N4O7. The van der Waals surface area contributed by atoms with Gasteiger partial charge in [0.25, 0.3) is 0 Å². The van der Waals surface area contributed by atoms with E-state index in [0.29, 0.717) is 0 Å². The van der Waals surface area contributed by atoms with Gasteiger partial charge in [-0.05, 0) is 23.5 Å². The second-order valence-corrected chi connectivity index (χ2v) is 9.61. The Balaban J connectivity index is 2.20. The summed E-state index contributed by atoms with van der Waals surface area (Å²) in [5.74, 6) is -4.76. The lowest BCUT2D eigenvalue weighted by Crippen LogP contribution is -2.59. The molecule has 2 aromatic carbocycles. The molecule has 0 radical (unpaired) electrons. The zero-order valence-corrected chi connectivity index (χ0v) is 22.0. The maximum absolute atomic E-state index is 13.3.